The van der Waals surface area contributed by atoms with Crippen molar-refractivity contribution in [3.8, 4) is 0 Å². The van der Waals surface area contributed by atoms with E-state index in [4.69, 9.17) is 26.8 Å². The molecule has 1 aromatic rings. The van der Waals surface area contributed by atoms with E-state index < -0.39 is 10.0 Å². The maximum Gasteiger partial charge on any atom is 0.242 e. The second-order valence-electron chi connectivity index (χ2n) is 3.69. The predicted octanol–water partition coefficient (Wildman–Crippen LogP) is 0.864. The number of hydrogen-bond donors (Lipinski definition) is 2. The van der Waals surface area contributed by atoms with Crippen molar-refractivity contribution in [2.24, 2.45) is 0 Å². The SMILES string of the molecule is COCCOCCNS(=O)(=O)c1cc(N)ccc1Cl. The standard InChI is InChI=1S/C11H17ClN2O4S/c1-17-6-7-18-5-4-14-19(15,16)11-8-9(13)2-3-10(11)12/h2-3,8,14H,4-7,13H2,1H3. The molecule has 0 unspecified atom stereocenters. The van der Waals surface area contributed by atoms with E-state index in [9.17, 15) is 8.42 Å². The molecule has 3 N–H and O–H groups in total. The van der Waals surface area contributed by atoms with E-state index in [0.717, 1.165) is 0 Å². The Morgan fingerprint density at radius 1 is 1.32 bits per heavy atom. The Labute approximate surface area is 117 Å². The number of methoxy groups -OCH3 is 1. The van der Waals surface area contributed by atoms with Gasteiger partial charge in [0.05, 0.1) is 24.8 Å². The Morgan fingerprint density at radius 2 is 2.05 bits per heavy atom. The van der Waals surface area contributed by atoms with E-state index >= 15 is 0 Å². The van der Waals surface area contributed by atoms with Crippen LogP contribution in [0.5, 0.6) is 0 Å². The second-order valence-corrected chi connectivity index (χ2v) is 5.84. The quantitative estimate of drug-likeness (QED) is 0.549. The van der Waals surface area contributed by atoms with Gasteiger partial charge in [0, 0.05) is 19.3 Å². The minimum atomic E-state index is -3.68. The van der Waals surface area contributed by atoms with E-state index in [1.807, 2.05) is 0 Å². The average molecular weight is 309 g/mol. The molecule has 0 amide bonds. The third kappa shape index (κ3) is 5.33. The Morgan fingerprint density at radius 3 is 2.74 bits per heavy atom. The van der Waals surface area contributed by atoms with E-state index in [1.54, 1.807) is 7.11 Å². The van der Waals surface area contributed by atoms with Crippen molar-refractivity contribution in [3.05, 3.63) is 23.2 Å². The third-order valence-electron chi connectivity index (χ3n) is 2.22. The van der Waals surface area contributed by atoms with Crippen molar-refractivity contribution >= 4 is 27.3 Å². The van der Waals surface area contributed by atoms with Gasteiger partial charge in [-0.2, -0.15) is 0 Å². The lowest BCUT2D eigenvalue weighted by Crippen LogP contribution is -2.28. The molecule has 0 bridgehead atoms. The van der Waals surface area contributed by atoms with Gasteiger partial charge in [0.2, 0.25) is 10.0 Å². The number of halogens is 1. The number of nitrogens with one attached hydrogen (secondary N) is 1. The largest absolute Gasteiger partial charge is 0.399 e. The molecule has 0 aliphatic carbocycles. The maximum absolute atomic E-state index is 12.0. The molecule has 0 fully saturated rings. The number of anilines is 1. The molecule has 0 saturated carbocycles. The molecule has 1 rings (SSSR count). The molecule has 1 aromatic carbocycles. The fourth-order valence-electron chi connectivity index (χ4n) is 1.30. The van der Waals surface area contributed by atoms with Crippen molar-refractivity contribution < 1.29 is 17.9 Å². The number of ether oxygens (including phenoxy) is 2. The monoisotopic (exact) mass is 308 g/mol. The van der Waals surface area contributed by atoms with Crippen LogP contribution in [0.25, 0.3) is 0 Å². The van der Waals surface area contributed by atoms with E-state index in [1.165, 1.54) is 18.2 Å². The number of benzene rings is 1. The van der Waals surface area contributed by atoms with Gasteiger partial charge in [-0.05, 0) is 18.2 Å². The maximum atomic E-state index is 12.0. The molecule has 6 nitrogen and oxygen atoms in total. The minimum absolute atomic E-state index is 0.0361. The Hall–Kier alpha value is -0.860. The summed E-state index contributed by atoms with van der Waals surface area (Å²) in [7, 11) is -2.12. The highest BCUT2D eigenvalue weighted by Gasteiger charge is 2.17. The van der Waals surface area contributed by atoms with Gasteiger partial charge in [0.1, 0.15) is 4.90 Å². The molecule has 0 aliphatic heterocycles. The van der Waals surface area contributed by atoms with Crippen LogP contribution in [0.15, 0.2) is 23.1 Å². The molecular formula is C11H17ClN2O4S. The summed E-state index contributed by atoms with van der Waals surface area (Å²) in [6, 6.07) is 4.30. The lowest BCUT2D eigenvalue weighted by atomic mass is 10.3. The summed E-state index contributed by atoms with van der Waals surface area (Å²) >= 11 is 5.84. The molecule has 19 heavy (non-hydrogen) atoms. The van der Waals surface area contributed by atoms with E-state index in [2.05, 4.69) is 4.72 Å². The first-order chi connectivity index (χ1) is 8.97. The third-order valence-corrected chi connectivity index (χ3v) is 4.16. The van der Waals surface area contributed by atoms with Crippen LogP contribution in [0.2, 0.25) is 5.02 Å². The molecular weight excluding hydrogens is 292 g/mol. The number of nitrogens with two attached hydrogens (primary N) is 1. The van der Waals surface area contributed by atoms with Crippen molar-refractivity contribution in [3.63, 3.8) is 0 Å². The smallest absolute Gasteiger partial charge is 0.242 e. The first-order valence-corrected chi connectivity index (χ1v) is 7.45. The lowest BCUT2D eigenvalue weighted by molar-refractivity contribution is 0.0736. The highest BCUT2D eigenvalue weighted by Crippen LogP contribution is 2.23. The van der Waals surface area contributed by atoms with Gasteiger partial charge in [-0.15, -0.1) is 0 Å². The first kappa shape index (κ1) is 16.2. The Bertz CT molecular complexity index is 507. The van der Waals surface area contributed by atoms with Crippen molar-refractivity contribution in [1.82, 2.24) is 4.72 Å². The number of nitrogen functional groups attached to an aromatic ring is 1. The number of hydrogen-bond acceptors (Lipinski definition) is 5. The van der Waals surface area contributed by atoms with Crippen molar-refractivity contribution in [2.75, 3.05) is 39.2 Å². The highest BCUT2D eigenvalue weighted by atomic mass is 35.5. The second kappa shape index (κ2) is 7.66. The molecule has 0 aliphatic rings. The van der Waals surface area contributed by atoms with Crippen LogP contribution in [-0.2, 0) is 19.5 Å². The fourth-order valence-corrected chi connectivity index (χ4v) is 2.84. The molecule has 0 atom stereocenters. The molecule has 0 heterocycles. The summed E-state index contributed by atoms with van der Waals surface area (Å²) in [4.78, 5) is -0.0361. The van der Waals surface area contributed by atoms with Crippen LogP contribution >= 0.6 is 11.6 Å². The van der Waals surface area contributed by atoms with Gasteiger partial charge in [-0.1, -0.05) is 11.6 Å². The van der Waals surface area contributed by atoms with Gasteiger partial charge in [0.15, 0.2) is 0 Å². The van der Waals surface area contributed by atoms with Gasteiger partial charge in [-0.25, -0.2) is 13.1 Å². The summed E-state index contributed by atoms with van der Waals surface area (Å²) in [5.74, 6) is 0. The van der Waals surface area contributed by atoms with Gasteiger partial charge < -0.3 is 15.2 Å². The summed E-state index contributed by atoms with van der Waals surface area (Å²) in [6.45, 7) is 1.28. The first-order valence-electron chi connectivity index (χ1n) is 5.59. The van der Waals surface area contributed by atoms with Crippen molar-refractivity contribution in [2.45, 2.75) is 4.90 Å². The zero-order valence-corrected chi connectivity index (χ0v) is 12.1. The molecule has 0 aromatic heterocycles. The predicted molar refractivity (Wildman–Crippen MR) is 73.7 cm³/mol. The summed E-state index contributed by atoms with van der Waals surface area (Å²) < 4.78 is 36.3. The molecule has 108 valence electrons. The summed E-state index contributed by atoms with van der Waals surface area (Å²) in [5, 5.41) is 0.127. The fraction of sp³-hybridized carbons (Fsp3) is 0.455. The van der Waals surface area contributed by atoms with Crippen LogP contribution in [0, 0.1) is 0 Å². The lowest BCUT2D eigenvalue weighted by Gasteiger charge is -2.09. The van der Waals surface area contributed by atoms with Crippen molar-refractivity contribution in [1.29, 1.82) is 0 Å². The highest BCUT2D eigenvalue weighted by molar-refractivity contribution is 7.89. The Balaban J connectivity index is 2.54. The van der Waals surface area contributed by atoms with E-state index in [-0.39, 0.29) is 23.1 Å². The molecule has 0 spiro atoms. The van der Waals surface area contributed by atoms with Crippen LogP contribution in [0.4, 0.5) is 5.69 Å². The summed E-state index contributed by atoms with van der Waals surface area (Å²) in [5.41, 5.74) is 5.88. The van der Waals surface area contributed by atoms with Crippen LogP contribution in [0.3, 0.4) is 0 Å². The number of rotatable bonds is 8. The zero-order chi connectivity index (χ0) is 14.3. The van der Waals surface area contributed by atoms with E-state index in [0.29, 0.717) is 18.9 Å². The molecule has 0 radical (unpaired) electrons. The van der Waals surface area contributed by atoms with Gasteiger partial charge in [-0.3, -0.25) is 0 Å². The number of sulfonamides is 1. The molecule has 8 heteroatoms. The summed E-state index contributed by atoms with van der Waals surface area (Å²) in [6.07, 6.45) is 0. The van der Waals surface area contributed by atoms with Crippen LogP contribution < -0.4 is 10.5 Å². The molecule has 0 saturated heterocycles. The van der Waals surface area contributed by atoms with Crippen LogP contribution in [-0.4, -0.2) is 41.9 Å². The zero-order valence-electron chi connectivity index (χ0n) is 10.6. The normalized spacial score (nSPS) is 11.7. The topological polar surface area (TPSA) is 90.6 Å². The Kier molecular flexibility index (Phi) is 6.53. The van der Waals surface area contributed by atoms with Crippen LogP contribution in [0.1, 0.15) is 0 Å². The average Bonchev–Trinajstić information content (AvgIpc) is 2.36. The van der Waals surface area contributed by atoms with Gasteiger partial charge >= 0.3 is 0 Å². The minimum Gasteiger partial charge on any atom is -0.399 e. The van der Waals surface area contributed by atoms with Gasteiger partial charge in [0.25, 0.3) is 0 Å².